The molecule has 1 aliphatic carbocycles. The highest BCUT2D eigenvalue weighted by molar-refractivity contribution is 5.86. The number of carbonyl (C=O) groups excluding carboxylic acids is 2. The molecule has 0 aromatic heterocycles. The fourth-order valence-corrected chi connectivity index (χ4v) is 3.47. The molecule has 2 N–H and O–H groups in total. The molecule has 3 atom stereocenters. The van der Waals surface area contributed by atoms with Gasteiger partial charge >= 0.3 is 11.9 Å². The summed E-state index contributed by atoms with van der Waals surface area (Å²) in [4.78, 5) is 34.4. The molecule has 7 heteroatoms. The Bertz CT molecular complexity index is 544. The number of rotatable bonds is 13. The summed E-state index contributed by atoms with van der Waals surface area (Å²) in [7, 11) is 0. The molecule has 1 unspecified atom stereocenters. The Kier molecular flexibility index (Phi) is 9.77. The molecule has 0 aromatic carbocycles. The lowest BCUT2D eigenvalue weighted by Crippen LogP contribution is -2.30. The third-order valence-corrected chi connectivity index (χ3v) is 5.11. The first-order chi connectivity index (χ1) is 12.7. The second-order valence-electron chi connectivity index (χ2n) is 7.27. The predicted molar refractivity (Wildman–Crippen MR) is 96.6 cm³/mol. The van der Waals surface area contributed by atoms with Gasteiger partial charge in [-0.25, -0.2) is 0 Å². The number of allylic oxidation sites excluding steroid dienone is 2. The number of aliphatic hydroxyl groups excluding tert-OH is 1. The maximum atomic E-state index is 13.8. The summed E-state index contributed by atoms with van der Waals surface area (Å²) in [5.41, 5.74) is 0. The Morgan fingerprint density at radius 2 is 1.93 bits per heavy atom. The zero-order valence-electron chi connectivity index (χ0n) is 15.8. The molecule has 0 bridgehead atoms. The average Bonchev–Trinajstić information content (AvgIpc) is 2.86. The zero-order valence-corrected chi connectivity index (χ0v) is 15.8. The third kappa shape index (κ3) is 7.87. The summed E-state index contributed by atoms with van der Waals surface area (Å²) in [6.45, 7) is 1.78. The van der Waals surface area contributed by atoms with Crippen molar-refractivity contribution in [2.45, 2.75) is 83.2 Å². The van der Waals surface area contributed by atoms with Crippen LogP contribution in [0.2, 0.25) is 0 Å². The van der Waals surface area contributed by atoms with Crippen LogP contribution in [0.15, 0.2) is 12.2 Å². The number of hydrogen-bond donors (Lipinski definition) is 2. The van der Waals surface area contributed by atoms with Crippen LogP contribution in [0.1, 0.15) is 71.1 Å². The van der Waals surface area contributed by atoms with E-state index in [1.807, 2.05) is 0 Å². The van der Waals surface area contributed by atoms with Gasteiger partial charge in [-0.3, -0.25) is 14.4 Å². The van der Waals surface area contributed by atoms with E-state index in [-0.39, 0.29) is 37.9 Å². The number of aliphatic hydroxyl groups is 1. The van der Waals surface area contributed by atoms with Crippen LogP contribution in [-0.2, 0) is 14.4 Å². The highest BCUT2D eigenvalue weighted by Gasteiger charge is 2.43. The van der Waals surface area contributed by atoms with Crippen molar-refractivity contribution < 1.29 is 33.4 Å². The summed E-state index contributed by atoms with van der Waals surface area (Å²) >= 11 is 0. The van der Waals surface area contributed by atoms with Gasteiger partial charge in [0.1, 0.15) is 5.78 Å². The molecular formula is C20H30F2O5. The molecule has 0 aliphatic heterocycles. The topological polar surface area (TPSA) is 91.7 Å². The lowest BCUT2D eigenvalue weighted by atomic mass is 9.86. The first-order valence-electron chi connectivity index (χ1n) is 9.67. The summed E-state index contributed by atoms with van der Waals surface area (Å²) < 4.78 is 27.6. The van der Waals surface area contributed by atoms with E-state index < -0.39 is 42.0 Å². The standard InChI is InChI=1S/C20H30F2O5/c1-2-3-12-20(21,22)18(25)11-10-15-14(16(23)13-17(15)24)8-6-4-5-7-9-19(26)27/h4,6,14-15,17,24H,2-3,5,7-13H2,1H3,(H,26,27)/t14?,15-,17-/m1/s1. The molecule has 1 saturated carbocycles. The maximum absolute atomic E-state index is 13.8. The van der Waals surface area contributed by atoms with Gasteiger partial charge in [0.05, 0.1) is 6.10 Å². The van der Waals surface area contributed by atoms with E-state index in [0.717, 1.165) is 0 Å². The van der Waals surface area contributed by atoms with Crippen molar-refractivity contribution in [3.05, 3.63) is 12.2 Å². The number of aliphatic carboxylic acids is 1. The molecule has 27 heavy (non-hydrogen) atoms. The molecule has 0 aromatic rings. The van der Waals surface area contributed by atoms with E-state index in [9.17, 15) is 28.3 Å². The Morgan fingerprint density at radius 1 is 1.22 bits per heavy atom. The van der Waals surface area contributed by atoms with E-state index in [0.29, 0.717) is 25.7 Å². The molecule has 0 saturated heterocycles. The van der Waals surface area contributed by atoms with Crippen molar-refractivity contribution >= 4 is 17.5 Å². The van der Waals surface area contributed by atoms with Crippen LogP contribution in [0, 0.1) is 11.8 Å². The smallest absolute Gasteiger partial charge is 0.305 e. The van der Waals surface area contributed by atoms with E-state index in [1.165, 1.54) is 0 Å². The molecule has 0 radical (unpaired) electrons. The van der Waals surface area contributed by atoms with Gasteiger partial charge in [-0.2, -0.15) is 8.78 Å². The quantitative estimate of drug-likeness (QED) is 0.368. The molecule has 5 nitrogen and oxygen atoms in total. The predicted octanol–water partition coefficient (Wildman–Crippen LogP) is 3.93. The second-order valence-corrected chi connectivity index (χ2v) is 7.27. The van der Waals surface area contributed by atoms with Crippen molar-refractivity contribution in [3.8, 4) is 0 Å². The molecule has 1 fully saturated rings. The number of carbonyl (C=O) groups is 3. The van der Waals surface area contributed by atoms with Crippen LogP contribution in [0.5, 0.6) is 0 Å². The Balaban J connectivity index is 2.53. The van der Waals surface area contributed by atoms with Crippen LogP contribution in [-0.4, -0.2) is 39.8 Å². The SMILES string of the molecule is CCCCC(F)(F)C(=O)CC[C@@H]1C(CC=CCCCC(=O)O)C(=O)C[C@H]1O. The Labute approximate surface area is 158 Å². The van der Waals surface area contributed by atoms with Crippen molar-refractivity contribution in [2.75, 3.05) is 0 Å². The minimum atomic E-state index is -3.34. The number of Topliss-reactive ketones (excluding diaryl/α,β-unsaturated/α-hetero) is 2. The molecule has 0 spiro atoms. The van der Waals surface area contributed by atoms with Gasteiger partial charge in [0.25, 0.3) is 0 Å². The first kappa shape index (κ1) is 23.4. The number of hydrogen-bond acceptors (Lipinski definition) is 4. The zero-order chi connectivity index (χ0) is 20.4. The van der Waals surface area contributed by atoms with Crippen LogP contribution in [0.3, 0.4) is 0 Å². The number of halogens is 2. The number of ketones is 2. The fourth-order valence-electron chi connectivity index (χ4n) is 3.47. The van der Waals surface area contributed by atoms with E-state index in [2.05, 4.69) is 0 Å². The molecule has 1 rings (SSSR count). The van der Waals surface area contributed by atoms with Crippen molar-refractivity contribution in [1.29, 1.82) is 0 Å². The third-order valence-electron chi connectivity index (χ3n) is 5.11. The van der Waals surface area contributed by atoms with E-state index in [4.69, 9.17) is 5.11 Å². The van der Waals surface area contributed by atoms with Crippen LogP contribution >= 0.6 is 0 Å². The van der Waals surface area contributed by atoms with Gasteiger partial charge in [0.15, 0.2) is 0 Å². The van der Waals surface area contributed by atoms with Crippen LogP contribution < -0.4 is 0 Å². The molecule has 1 aliphatic rings. The van der Waals surface area contributed by atoms with E-state index >= 15 is 0 Å². The molecular weight excluding hydrogens is 358 g/mol. The monoisotopic (exact) mass is 388 g/mol. The van der Waals surface area contributed by atoms with Crippen molar-refractivity contribution in [2.24, 2.45) is 11.8 Å². The minimum absolute atomic E-state index is 0.0113. The highest BCUT2D eigenvalue weighted by atomic mass is 19.3. The lowest BCUT2D eigenvalue weighted by Gasteiger charge is -2.21. The minimum Gasteiger partial charge on any atom is -0.481 e. The average molecular weight is 388 g/mol. The van der Waals surface area contributed by atoms with Gasteiger partial charge < -0.3 is 10.2 Å². The summed E-state index contributed by atoms with van der Waals surface area (Å²) in [6.07, 6.45) is 4.29. The van der Waals surface area contributed by atoms with Gasteiger partial charge in [0.2, 0.25) is 5.78 Å². The molecule has 154 valence electrons. The normalized spacial score (nSPS) is 23.3. The maximum Gasteiger partial charge on any atom is 0.305 e. The largest absolute Gasteiger partial charge is 0.481 e. The molecule has 0 amide bonds. The van der Waals surface area contributed by atoms with Gasteiger partial charge in [0, 0.05) is 31.6 Å². The van der Waals surface area contributed by atoms with Gasteiger partial charge in [-0.15, -0.1) is 0 Å². The lowest BCUT2D eigenvalue weighted by molar-refractivity contribution is -0.144. The summed E-state index contributed by atoms with van der Waals surface area (Å²) in [6, 6.07) is 0. The number of alkyl halides is 2. The highest BCUT2D eigenvalue weighted by Crippen LogP contribution is 2.36. The Hall–Kier alpha value is -1.63. The molecule has 0 heterocycles. The van der Waals surface area contributed by atoms with Crippen molar-refractivity contribution in [3.63, 3.8) is 0 Å². The number of carboxylic acids is 1. The van der Waals surface area contributed by atoms with Crippen LogP contribution in [0.25, 0.3) is 0 Å². The Morgan fingerprint density at radius 3 is 2.56 bits per heavy atom. The number of carboxylic acid groups (broad SMARTS) is 1. The number of unbranched alkanes of at least 4 members (excludes halogenated alkanes) is 2. The van der Waals surface area contributed by atoms with Crippen molar-refractivity contribution in [1.82, 2.24) is 0 Å². The van der Waals surface area contributed by atoms with Gasteiger partial charge in [-0.1, -0.05) is 25.5 Å². The van der Waals surface area contributed by atoms with Crippen LogP contribution in [0.4, 0.5) is 8.78 Å². The second kappa shape index (κ2) is 11.3. The van der Waals surface area contributed by atoms with E-state index in [1.54, 1.807) is 19.1 Å². The summed E-state index contributed by atoms with van der Waals surface area (Å²) in [5.74, 6) is -6.42. The fraction of sp³-hybridized carbons (Fsp3) is 0.750. The van der Waals surface area contributed by atoms with Gasteiger partial charge in [-0.05, 0) is 38.0 Å². The first-order valence-corrected chi connectivity index (χ1v) is 9.67. The summed E-state index contributed by atoms with van der Waals surface area (Å²) in [5, 5.41) is 18.7.